The largest absolute Gasteiger partial charge is 0.463 e. The van der Waals surface area contributed by atoms with Gasteiger partial charge in [0.05, 0.1) is 28.5 Å². The number of esters is 1. The number of hydrogen-bond donors (Lipinski definition) is 0. The van der Waals surface area contributed by atoms with Crippen LogP contribution in [0.2, 0.25) is 5.02 Å². The molecule has 8 heteroatoms. The molecule has 3 heterocycles. The van der Waals surface area contributed by atoms with Gasteiger partial charge in [-0.1, -0.05) is 71.5 Å². The molecule has 0 aliphatic carbocycles. The van der Waals surface area contributed by atoms with Gasteiger partial charge >= 0.3 is 5.97 Å². The highest BCUT2D eigenvalue weighted by Crippen LogP contribution is 2.35. The van der Waals surface area contributed by atoms with Crippen LogP contribution < -0.4 is 14.9 Å². The third-order valence-corrected chi connectivity index (χ3v) is 7.43. The first-order chi connectivity index (χ1) is 16.6. The molecule has 1 atom stereocenters. The van der Waals surface area contributed by atoms with Gasteiger partial charge in [0.2, 0.25) is 0 Å². The number of carbonyl (C=O) groups excluding carboxylic acids is 1. The van der Waals surface area contributed by atoms with Gasteiger partial charge in [-0.25, -0.2) is 9.79 Å². The second-order valence-electron chi connectivity index (χ2n) is 7.50. The molecule has 0 fully saturated rings. The number of thiazole rings is 1. The fraction of sp³-hybridized carbons (Fsp3) is 0.115. The Morgan fingerprint density at radius 3 is 2.56 bits per heavy atom. The van der Waals surface area contributed by atoms with Gasteiger partial charge in [0.25, 0.3) is 5.56 Å². The average Bonchev–Trinajstić information content (AvgIpc) is 3.47. The summed E-state index contributed by atoms with van der Waals surface area (Å²) in [6, 6.07) is 19.9. The minimum atomic E-state index is -0.701. The lowest BCUT2D eigenvalue weighted by molar-refractivity contribution is -0.138. The number of halogens is 1. The lowest BCUT2D eigenvalue weighted by atomic mass is 9.93. The summed E-state index contributed by atoms with van der Waals surface area (Å²) < 4.78 is 7.60. The van der Waals surface area contributed by atoms with E-state index in [1.165, 1.54) is 11.3 Å². The number of aromatic nitrogens is 1. The summed E-state index contributed by atoms with van der Waals surface area (Å²) in [6.45, 7) is 1.97. The predicted octanol–water partition coefficient (Wildman–Crippen LogP) is 4.65. The van der Waals surface area contributed by atoms with E-state index in [4.69, 9.17) is 21.3 Å². The molecule has 0 spiro atoms. The molecule has 170 valence electrons. The van der Waals surface area contributed by atoms with Crippen molar-refractivity contribution in [2.45, 2.75) is 13.0 Å². The normalized spacial score (nSPS) is 15.7. The smallest absolute Gasteiger partial charge is 0.338 e. The van der Waals surface area contributed by atoms with Crippen molar-refractivity contribution in [3.05, 3.63) is 118 Å². The zero-order valence-corrected chi connectivity index (χ0v) is 20.5. The van der Waals surface area contributed by atoms with Crippen LogP contribution in [0.5, 0.6) is 0 Å². The van der Waals surface area contributed by atoms with Crippen molar-refractivity contribution >= 4 is 52.0 Å². The third-order valence-electron chi connectivity index (χ3n) is 5.38. The Hall–Kier alpha value is -3.26. The monoisotopic (exact) mass is 506 g/mol. The Labute approximate surface area is 208 Å². The highest BCUT2D eigenvalue weighted by atomic mass is 35.5. The minimum Gasteiger partial charge on any atom is -0.463 e. The summed E-state index contributed by atoms with van der Waals surface area (Å²) >= 11 is 9.01. The molecular formula is C26H19ClN2O3S2. The van der Waals surface area contributed by atoms with Crippen LogP contribution in [0.15, 0.2) is 87.5 Å². The molecule has 0 N–H and O–H groups in total. The maximum Gasteiger partial charge on any atom is 0.338 e. The van der Waals surface area contributed by atoms with Crippen LogP contribution >= 0.6 is 34.3 Å². The zero-order valence-electron chi connectivity index (χ0n) is 18.1. The molecule has 0 radical (unpaired) electrons. The number of hydrogen-bond acceptors (Lipinski definition) is 6. The van der Waals surface area contributed by atoms with Crippen LogP contribution in [0.3, 0.4) is 0 Å². The predicted molar refractivity (Wildman–Crippen MR) is 137 cm³/mol. The van der Waals surface area contributed by atoms with Gasteiger partial charge in [0, 0.05) is 15.5 Å². The molecule has 1 aliphatic heterocycles. The van der Waals surface area contributed by atoms with E-state index in [0.717, 1.165) is 16.0 Å². The molecule has 0 saturated carbocycles. The molecule has 0 bridgehead atoms. The van der Waals surface area contributed by atoms with Crippen LogP contribution in [-0.4, -0.2) is 17.1 Å². The van der Waals surface area contributed by atoms with E-state index in [-0.39, 0.29) is 12.2 Å². The van der Waals surface area contributed by atoms with Crippen LogP contribution in [0.1, 0.15) is 29.0 Å². The van der Waals surface area contributed by atoms with Gasteiger partial charge in [-0.05, 0) is 42.1 Å². The number of fused-ring (bicyclic) bond motifs is 1. The lowest BCUT2D eigenvalue weighted by Crippen LogP contribution is -2.39. The quantitative estimate of drug-likeness (QED) is 0.370. The number of benzene rings is 2. The second-order valence-corrected chi connectivity index (χ2v) is 9.92. The molecule has 2 aromatic heterocycles. The first kappa shape index (κ1) is 22.5. The molecule has 1 aliphatic rings. The third kappa shape index (κ3) is 4.18. The first-order valence-electron chi connectivity index (χ1n) is 10.6. The molecule has 2 aromatic carbocycles. The molecule has 0 saturated heterocycles. The summed E-state index contributed by atoms with van der Waals surface area (Å²) in [7, 11) is 0. The fourth-order valence-electron chi connectivity index (χ4n) is 3.90. The maximum absolute atomic E-state index is 13.6. The van der Waals surface area contributed by atoms with E-state index in [9.17, 15) is 9.59 Å². The van der Waals surface area contributed by atoms with Crippen molar-refractivity contribution in [2.75, 3.05) is 6.61 Å². The van der Waals surface area contributed by atoms with Crippen LogP contribution in [0.4, 0.5) is 0 Å². The summed E-state index contributed by atoms with van der Waals surface area (Å²) in [4.78, 5) is 33.3. The van der Waals surface area contributed by atoms with E-state index in [2.05, 4.69) is 0 Å². The van der Waals surface area contributed by atoms with Crippen molar-refractivity contribution in [2.24, 2.45) is 4.99 Å². The molecular weight excluding hydrogens is 488 g/mol. The van der Waals surface area contributed by atoms with E-state index in [0.29, 0.717) is 25.6 Å². The van der Waals surface area contributed by atoms with Gasteiger partial charge in [-0.2, -0.15) is 0 Å². The van der Waals surface area contributed by atoms with Crippen molar-refractivity contribution in [1.29, 1.82) is 0 Å². The standard InChI is InChI=1S/C26H19ClN2O3S2/c1-2-32-25(31)21-22(16-7-4-3-5-8-16)28-26-29(23(21)17-10-12-18(27)13-11-17)24(30)20(34-26)15-19-9-6-14-33-19/h3-15,23H,2H2,1H3/b20-15-/t23-/m0/s1. The molecule has 0 amide bonds. The summed E-state index contributed by atoms with van der Waals surface area (Å²) in [6.07, 6.45) is 1.86. The van der Waals surface area contributed by atoms with Crippen molar-refractivity contribution < 1.29 is 9.53 Å². The fourth-order valence-corrected chi connectivity index (χ4v) is 5.75. The Kier molecular flexibility index (Phi) is 6.32. The van der Waals surface area contributed by atoms with Crippen LogP contribution in [0.25, 0.3) is 11.8 Å². The lowest BCUT2D eigenvalue weighted by Gasteiger charge is -2.25. The number of carbonyl (C=O) groups is 1. The van der Waals surface area contributed by atoms with Gasteiger partial charge in [0.15, 0.2) is 4.80 Å². The summed E-state index contributed by atoms with van der Waals surface area (Å²) in [5, 5.41) is 2.53. The van der Waals surface area contributed by atoms with Gasteiger partial charge in [0.1, 0.15) is 0 Å². The second kappa shape index (κ2) is 9.54. The Balaban J connectivity index is 1.84. The zero-order chi connectivity index (χ0) is 23.7. The molecule has 5 rings (SSSR count). The van der Waals surface area contributed by atoms with E-state index in [1.807, 2.05) is 66.1 Å². The van der Waals surface area contributed by atoms with Gasteiger partial charge in [-0.3, -0.25) is 9.36 Å². The number of nitrogens with zero attached hydrogens (tertiary/aromatic N) is 2. The van der Waals surface area contributed by atoms with Gasteiger partial charge in [-0.15, -0.1) is 11.3 Å². The molecule has 34 heavy (non-hydrogen) atoms. The van der Waals surface area contributed by atoms with Crippen LogP contribution in [0, 0.1) is 0 Å². The minimum absolute atomic E-state index is 0.203. The van der Waals surface area contributed by atoms with E-state index < -0.39 is 12.0 Å². The topological polar surface area (TPSA) is 60.7 Å². The maximum atomic E-state index is 13.6. The van der Waals surface area contributed by atoms with Gasteiger partial charge < -0.3 is 4.74 Å². The highest BCUT2D eigenvalue weighted by Gasteiger charge is 2.35. The van der Waals surface area contributed by atoms with Crippen molar-refractivity contribution in [3.8, 4) is 0 Å². The number of thiophene rings is 1. The molecule has 0 unspecified atom stereocenters. The average molecular weight is 507 g/mol. The summed E-state index contributed by atoms with van der Waals surface area (Å²) in [5.41, 5.74) is 2.15. The van der Waals surface area contributed by atoms with Crippen molar-refractivity contribution in [3.63, 3.8) is 0 Å². The van der Waals surface area contributed by atoms with Crippen molar-refractivity contribution in [1.82, 2.24) is 4.57 Å². The molecule has 4 aromatic rings. The Morgan fingerprint density at radius 1 is 1.12 bits per heavy atom. The van der Waals surface area contributed by atoms with E-state index in [1.54, 1.807) is 35.0 Å². The van der Waals surface area contributed by atoms with E-state index >= 15 is 0 Å². The first-order valence-corrected chi connectivity index (χ1v) is 12.7. The Bertz CT molecular complexity index is 1550. The number of rotatable bonds is 5. The highest BCUT2D eigenvalue weighted by molar-refractivity contribution is 7.11. The summed E-state index contributed by atoms with van der Waals surface area (Å²) in [5.74, 6) is -0.502. The SMILES string of the molecule is CCOC(=O)C1=C(c2ccccc2)N=c2s/c(=C\c3cccs3)c(=O)n2[C@H]1c1ccc(Cl)cc1. The molecule has 5 nitrogen and oxygen atoms in total. The number of ether oxygens (including phenoxy) is 1. The van der Waals surface area contributed by atoms with Crippen LogP contribution in [-0.2, 0) is 9.53 Å². The Morgan fingerprint density at radius 2 is 1.88 bits per heavy atom.